The number of para-hydroxylation sites is 1. The lowest BCUT2D eigenvalue weighted by Gasteiger charge is -2.19. The molecule has 0 aliphatic carbocycles. The molecule has 1 aromatic heterocycles. The highest BCUT2D eigenvalue weighted by Crippen LogP contribution is 2.21. The van der Waals surface area contributed by atoms with Crippen LogP contribution < -0.4 is 5.32 Å². The lowest BCUT2D eigenvalue weighted by molar-refractivity contribution is 0.178. The van der Waals surface area contributed by atoms with Crippen LogP contribution in [0.5, 0.6) is 0 Å². The van der Waals surface area contributed by atoms with Crippen molar-refractivity contribution in [3.05, 3.63) is 36.0 Å². The van der Waals surface area contributed by atoms with Crippen LogP contribution in [0.3, 0.4) is 0 Å². The van der Waals surface area contributed by atoms with E-state index in [1.165, 1.54) is 22.9 Å². The third-order valence-corrected chi connectivity index (χ3v) is 4.27. The Morgan fingerprint density at radius 2 is 2.26 bits per heavy atom. The van der Waals surface area contributed by atoms with Crippen molar-refractivity contribution >= 4 is 10.9 Å². The molecule has 2 unspecified atom stereocenters. The van der Waals surface area contributed by atoms with E-state index in [1.807, 2.05) is 0 Å². The molecule has 2 atom stereocenters. The summed E-state index contributed by atoms with van der Waals surface area (Å²) in [7, 11) is 2.11. The Morgan fingerprint density at radius 3 is 3.05 bits per heavy atom. The number of hydrogen-bond donors (Lipinski definition) is 1. The summed E-state index contributed by atoms with van der Waals surface area (Å²) < 4.78 is 7.66. The fraction of sp³-hybridized carbons (Fsp3) is 0.500. The molecule has 0 spiro atoms. The maximum absolute atomic E-state index is 5.46. The number of benzene rings is 1. The van der Waals surface area contributed by atoms with E-state index in [0.29, 0.717) is 12.0 Å². The lowest BCUT2D eigenvalue weighted by Crippen LogP contribution is -2.33. The molecule has 3 nitrogen and oxygen atoms in total. The van der Waals surface area contributed by atoms with Crippen molar-refractivity contribution in [3.63, 3.8) is 0 Å². The van der Waals surface area contributed by atoms with Crippen LogP contribution in [0.1, 0.15) is 18.9 Å². The van der Waals surface area contributed by atoms with Gasteiger partial charge in [0.25, 0.3) is 0 Å². The Labute approximate surface area is 114 Å². The van der Waals surface area contributed by atoms with Crippen LogP contribution in [0, 0.1) is 5.92 Å². The molecule has 1 fully saturated rings. The van der Waals surface area contributed by atoms with E-state index in [9.17, 15) is 0 Å². The molecule has 1 aliphatic heterocycles. The Morgan fingerprint density at radius 1 is 1.42 bits per heavy atom. The second-order valence-corrected chi connectivity index (χ2v) is 5.58. The number of aryl methyl sites for hydroxylation is 1. The highest BCUT2D eigenvalue weighted by molar-refractivity contribution is 5.83. The fourth-order valence-corrected chi connectivity index (χ4v) is 2.95. The standard InChI is InChI=1S/C16H22N2O/c1-12(13-7-8-19-11-13)17-9-14-10-18(2)16-6-4-3-5-15(14)16/h3-6,10,12-13,17H,7-9,11H2,1-2H3. The van der Waals surface area contributed by atoms with Gasteiger partial charge in [0.05, 0.1) is 6.61 Å². The van der Waals surface area contributed by atoms with Gasteiger partial charge in [0, 0.05) is 43.3 Å². The number of rotatable bonds is 4. The van der Waals surface area contributed by atoms with Crippen LogP contribution in [0.2, 0.25) is 0 Å². The first-order chi connectivity index (χ1) is 9.25. The van der Waals surface area contributed by atoms with Crippen molar-refractivity contribution in [2.24, 2.45) is 13.0 Å². The topological polar surface area (TPSA) is 26.2 Å². The number of hydrogen-bond acceptors (Lipinski definition) is 2. The molecule has 0 bridgehead atoms. The van der Waals surface area contributed by atoms with Gasteiger partial charge in [0.1, 0.15) is 0 Å². The first-order valence-corrected chi connectivity index (χ1v) is 7.10. The minimum atomic E-state index is 0.515. The Hall–Kier alpha value is -1.32. The van der Waals surface area contributed by atoms with E-state index in [-0.39, 0.29) is 0 Å². The van der Waals surface area contributed by atoms with Gasteiger partial charge in [-0.15, -0.1) is 0 Å². The maximum Gasteiger partial charge on any atom is 0.0509 e. The van der Waals surface area contributed by atoms with Crippen molar-refractivity contribution in [2.45, 2.75) is 25.9 Å². The molecule has 1 saturated heterocycles. The molecular weight excluding hydrogens is 236 g/mol. The van der Waals surface area contributed by atoms with Gasteiger partial charge in [-0.2, -0.15) is 0 Å². The third kappa shape index (κ3) is 2.53. The third-order valence-electron chi connectivity index (χ3n) is 4.27. The summed E-state index contributed by atoms with van der Waals surface area (Å²) >= 11 is 0. The number of aromatic nitrogens is 1. The predicted molar refractivity (Wildman–Crippen MR) is 78.1 cm³/mol. The Balaban J connectivity index is 1.71. The summed E-state index contributed by atoms with van der Waals surface area (Å²) in [6, 6.07) is 9.10. The van der Waals surface area contributed by atoms with Crippen LogP contribution >= 0.6 is 0 Å². The quantitative estimate of drug-likeness (QED) is 0.912. The second kappa shape index (κ2) is 5.35. The number of ether oxygens (including phenoxy) is 1. The SMILES string of the molecule is CC(NCc1cn(C)c2ccccc12)C1CCOC1. The van der Waals surface area contributed by atoms with E-state index in [1.54, 1.807) is 0 Å². The molecular formula is C16H22N2O. The van der Waals surface area contributed by atoms with Gasteiger partial charge in [-0.25, -0.2) is 0 Å². The van der Waals surface area contributed by atoms with E-state index in [4.69, 9.17) is 4.74 Å². The normalized spacial score (nSPS) is 21.1. The van der Waals surface area contributed by atoms with E-state index in [2.05, 4.69) is 54.3 Å². The molecule has 1 aliphatic rings. The van der Waals surface area contributed by atoms with Crippen LogP contribution in [-0.4, -0.2) is 23.8 Å². The summed E-state index contributed by atoms with van der Waals surface area (Å²) in [4.78, 5) is 0. The van der Waals surface area contributed by atoms with Crippen molar-refractivity contribution in [3.8, 4) is 0 Å². The fourth-order valence-electron chi connectivity index (χ4n) is 2.95. The molecule has 2 heterocycles. The predicted octanol–water partition coefficient (Wildman–Crippen LogP) is 2.69. The van der Waals surface area contributed by atoms with E-state index >= 15 is 0 Å². The van der Waals surface area contributed by atoms with Crippen molar-refractivity contribution in [1.82, 2.24) is 9.88 Å². The lowest BCUT2D eigenvalue weighted by atomic mass is 10.0. The summed E-state index contributed by atoms with van der Waals surface area (Å²) in [6.45, 7) is 5.03. The van der Waals surface area contributed by atoms with Crippen LogP contribution in [0.4, 0.5) is 0 Å². The number of fused-ring (bicyclic) bond motifs is 1. The molecule has 3 rings (SSSR count). The molecule has 3 heteroatoms. The average Bonchev–Trinajstić information content (AvgIpc) is 3.06. The van der Waals surface area contributed by atoms with Gasteiger partial charge in [-0.1, -0.05) is 18.2 Å². The van der Waals surface area contributed by atoms with E-state index in [0.717, 1.165) is 19.8 Å². The average molecular weight is 258 g/mol. The zero-order chi connectivity index (χ0) is 13.2. The Kier molecular flexibility index (Phi) is 3.58. The highest BCUT2D eigenvalue weighted by Gasteiger charge is 2.21. The summed E-state index contributed by atoms with van der Waals surface area (Å²) in [5.41, 5.74) is 2.68. The molecule has 0 radical (unpaired) electrons. The van der Waals surface area contributed by atoms with Crippen LogP contribution in [0.15, 0.2) is 30.5 Å². The first-order valence-electron chi connectivity index (χ1n) is 7.10. The molecule has 2 aromatic rings. The maximum atomic E-state index is 5.46. The van der Waals surface area contributed by atoms with Crippen molar-refractivity contribution < 1.29 is 4.74 Å². The zero-order valence-corrected chi connectivity index (χ0v) is 11.7. The molecule has 1 aromatic carbocycles. The smallest absolute Gasteiger partial charge is 0.0509 e. The minimum absolute atomic E-state index is 0.515. The van der Waals surface area contributed by atoms with Crippen LogP contribution in [0.25, 0.3) is 10.9 Å². The molecule has 19 heavy (non-hydrogen) atoms. The van der Waals surface area contributed by atoms with Crippen molar-refractivity contribution in [2.75, 3.05) is 13.2 Å². The summed E-state index contributed by atoms with van der Waals surface area (Å²) in [5.74, 6) is 0.662. The summed E-state index contributed by atoms with van der Waals surface area (Å²) in [6.07, 6.45) is 3.42. The van der Waals surface area contributed by atoms with E-state index < -0.39 is 0 Å². The number of nitrogens with one attached hydrogen (secondary N) is 1. The second-order valence-electron chi connectivity index (χ2n) is 5.58. The first kappa shape index (κ1) is 12.7. The highest BCUT2D eigenvalue weighted by atomic mass is 16.5. The largest absolute Gasteiger partial charge is 0.381 e. The van der Waals surface area contributed by atoms with Gasteiger partial charge in [0.2, 0.25) is 0 Å². The van der Waals surface area contributed by atoms with Crippen LogP contribution in [-0.2, 0) is 18.3 Å². The molecule has 0 amide bonds. The molecule has 102 valence electrons. The van der Waals surface area contributed by atoms with Gasteiger partial charge >= 0.3 is 0 Å². The van der Waals surface area contributed by atoms with Crippen molar-refractivity contribution in [1.29, 1.82) is 0 Å². The van der Waals surface area contributed by atoms with Gasteiger partial charge in [-0.3, -0.25) is 0 Å². The van der Waals surface area contributed by atoms with Gasteiger partial charge < -0.3 is 14.6 Å². The molecule has 0 saturated carbocycles. The Bertz CT molecular complexity index is 555. The molecule has 1 N–H and O–H groups in total. The monoisotopic (exact) mass is 258 g/mol. The van der Waals surface area contributed by atoms with Gasteiger partial charge in [0.15, 0.2) is 0 Å². The minimum Gasteiger partial charge on any atom is -0.381 e. The van der Waals surface area contributed by atoms with Gasteiger partial charge in [-0.05, 0) is 30.9 Å². The summed E-state index contributed by atoms with van der Waals surface area (Å²) in [5, 5.41) is 5.01. The number of nitrogens with zero attached hydrogens (tertiary/aromatic N) is 1. The zero-order valence-electron chi connectivity index (χ0n) is 11.7.